The fraction of sp³-hybridized carbons (Fsp3) is 0.353. The molecular weight excluding hydrogens is 262 g/mol. The van der Waals surface area contributed by atoms with Gasteiger partial charge in [0.15, 0.2) is 0 Å². The third kappa shape index (κ3) is 4.38. The van der Waals surface area contributed by atoms with E-state index in [0.717, 1.165) is 18.8 Å². The number of amides is 1. The monoisotopic (exact) mass is 285 g/mol. The number of hydrogen-bond donors (Lipinski definition) is 2. The van der Waals surface area contributed by atoms with Crippen molar-refractivity contribution in [3.05, 3.63) is 53.9 Å². The molecule has 0 bridgehead atoms. The maximum absolute atomic E-state index is 12.0. The summed E-state index contributed by atoms with van der Waals surface area (Å²) in [5.74, 6) is -0.0363. The summed E-state index contributed by atoms with van der Waals surface area (Å²) in [5, 5.41) is 6.25. The Morgan fingerprint density at radius 2 is 2.10 bits per heavy atom. The molecule has 0 unspecified atom stereocenters. The number of aryl methyl sites for hydroxylation is 1. The molecule has 2 rings (SSSR count). The van der Waals surface area contributed by atoms with Crippen LogP contribution in [0.1, 0.15) is 36.7 Å². The van der Waals surface area contributed by atoms with Gasteiger partial charge < -0.3 is 15.2 Å². The molecule has 1 aromatic carbocycles. The Hall–Kier alpha value is -2.23. The van der Waals surface area contributed by atoms with Gasteiger partial charge in [-0.25, -0.2) is 0 Å². The van der Waals surface area contributed by atoms with E-state index in [9.17, 15) is 4.79 Å². The van der Waals surface area contributed by atoms with Crippen LogP contribution < -0.4 is 10.6 Å². The molecule has 21 heavy (non-hydrogen) atoms. The molecule has 0 saturated heterocycles. The molecule has 0 aliphatic carbocycles. The van der Waals surface area contributed by atoms with Gasteiger partial charge >= 0.3 is 0 Å². The van der Waals surface area contributed by atoms with Crippen LogP contribution in [0.3, 0.4) is 0 Å². The molecule has 1 heterocycles. The van der Waals surface area contributed by atoms with Gasteiger partial charge in [0.2, 0.25) is 0 Å². The Labute approximate surface area is 126 Å². The van der Waals surface area contributed by atoms with E-state index in [2.05, 4.69) is 40.6 Å². The van der Waals surface area contributed by atoms with Crippen LogP contribution in [0.4, 0.5) is 5.69 Å². The summed E-state index contributed by atoms with van der Waals surface area (Å²) >= 11 is 0. The van der Waals surface area contributed by atoms with E-state index in [1.165, 1.54) is 5.56 Å². The lowest BCUT2D eigenvalue weighted by molar-refractivity contribution is 0.0943. The predicted octanol–water partition coefficient (Wildman–Crippen LogP) is 3.26. The molecule has 2 aromatic rings. The number of nitrogens with one attached hydrogen (secondary N) is 2. The van der Waals surface area contributed by atoms with E-state index in [4.69, 9.17) is 0 Å². The molecule has 112 valence electrons. The molecule has 1 aromatic heterocycles. The number of rotatable bonds is 6. The van der Waals surface area contributed by atoms with Crippen molar-refractivity contribution in [1.29, 1.82) is 0 Å². The average Bonchev–Trinajstić information content (AvgIpc) is 2.93. The second kappa shape index (κ2) is 6.97. The number of benzene rings is 1. The van der Waals surface area contributed by atoms with Crippen LogP contribution in [-0.4, -0.2) is 16.5 Å². The maximum atomic E-state index is 12.0. The molecular formula is C17H23N3O. The Kier molecular flexibility index (Phi) is 5.04. The lowest BCUT2D eigenvalue weighted by Gasteiger charge is -2.10. The van der Waals surface area contributed by atoms with Gasteiger partial charge in [0.05, 0.1) is 0 Å². The summed E-state index contributed by atoms with van der Waals surface area (Å²) < 4.78 is 2.14. The highest BCUT2D eigenvalue weighted by Crippen LogP contribution is 2.13. The standard InChI is InChI=1S/C17H23N3O/c1-4-20-9-8-14(12-20)11-18-16-7-5-6-15(10-16)17(21)19-13(2)3/h5-10,12-13,18H,4,11H2,1-3H3,(H,19,21). The van der Waals surface area contributed by atoms with Gasteiger partial charge in [-0.1, -0.05) is 6.07 Å². The van der Waals surface area contributed by atoms with Gasteiger partial charge in [0.25, 0.3) is 5.91 Å². The largest absolute Gasteiger partial charge is 0.381 e. The van der Waals surface area contributed by atoms with Crippen LogP contribution in [0.5, 0.6) is 0 Å². The first-order valence-electron chi connectivity index (χ1n) is 7.38. The van der Waals surface area contributed by atoms with Crippen LogP contribution in [0.2, 0.25) is 0 Å². The molecule has 0 atom stereocenters. The summed E-state index contributed by atoms with van der Waals surface area (Å²) in [6.07, 6.45) is 4.20. The second-order valence-electron chi connectivity index (χ2n) is 5.41. The Morgan fingerprint density at radius 1 is 1.29 bits per heavy atom. The fourth-order valence-corrected chi connectivity index (χ4v) is 2.11. The minimum atomic E-state index is -0.0363. The zero-order valence-corrected chi connectivity index (χ0v) is 12.9. The Morgan fingerprint density at radius 3 is 2.76 bits per heavy atom. The molecule has 0 fully saturated rings. The van der Waals surface area contributed by atoms with E-state index >= 15 is 0 Å². The quantitative estimate of drug-likeness (QED) is 0.855. The smallest absolute Gasteiger partial charge is 0.251 e. The van der Waals surface area contributed by atoms with Crippen molar-refractivity contribution in [1.82, 2.24) is 9.88 Å². The summed E-state index contributed by atoms with van der Waals surface area (Å²) in [4.78, 5) is 12.0. The molecule has 4 nitrogen and oxygen atoms in total. The van der Waals surface area contributed by atoms with E-state index in [0.29, 0.717) is 5.56 Å². The van der Waals surface area contributed by atoms with E-state index in [1.807, 2.05) is 38.1 Å². The molecule has 0 aliphatic heterocycles. The Balaban J connectivity index is 1.99. The number of aromatic nitrogens is 1. The third-order valence-electron chi connectivity index (χ3n) is 3.22. The number of hydrogen-bond acceptors (Lipinski definition) is 2. The zero-order valence-electron chi connectivity index (χ0n) is 12.9. The third-order valence-corrected chi connectivity index (χ3v) is 3.22. The topological polar surface area (TPSA) is 46.1 Å². The van der Waals surface area contributed by atoms with Crippen LogP contribution in [0, 0.1) is 0 Å². The van der Waals surface area contributed by atoms with Gasteiger partial charge in [-0.05, 0) is 50.6 Å². The summed E-state index contributed by atoms with van der Waals surface area (Å²) in [7, 11) is 0. The molecule has 0 spiro atoms. The van der Waals surface area contributed by atoms with Crippen LogP contribution in [0.25, 0.3) is 0 Å². The van der Waals surface area contributed by atoms with Crippen LogP contribution in [0.15, 0.2) is 42.7 Å². The van der Waals surface area contributed by atoms with Crippen molar-refractivity contribution in [2.75, 3.05) is 5.32 Å². The predicted molar refractivity (Wildman–Crippen MR) is 86.5 cm³/mol. The summed E-state index contributed by atoms with van der Waals surface area (Å²) in [5.41, 5.74) is 2.87. The lowest BCUT2D eigenvalue weighted by Crippen LogP contribution is -2.30. The van der Waals surface area contributed by atoms with Gasteiger partial charge in [0, 0.05) is 42.8 Å². The van der Waals surface area contributed by atoms with E-state index in [-0.39, 0.29) is 11.9 Å². The molecule has 0 aliphatic rings. The Bertz CT molecular complexity index is 602. The molecule has 1 amide bonds. The fourth-order valence-electron chi connectivity index (χ4n) is 2.11. The second-order valence-corrected chi connectivity index (χ2v) is 5.41. The molecule has 0 radical (unpaired) electrons. The van der Waals surface area contributed by atoms with Gasteiger partial charge in [-0.15, -0.1) is 0 Å². The van der Waals surface area contributed by atoms with Crippen molar-refractivity contribution >= 4 is 11.6 Å². The number of carbonyl (C=O) groups excluding carboxylic acids is 1. The lowest BCUT2D eigenvalue weighted by atomic mass is 10.1. The number of nitrogens with zero attached hydrogens (tertiary/aromatic N) is 1. The number of carbonyl (C=O) groups is 1. The highest BCUT2D eigenvalue weighted by molar-refractivity contribution is 5.95. The first-order chi connectivity index (χ1) is 10.1. The zero-order chi connectivity index (χ0) is 15.2. The summed E-state index contributed by atoms with van der Waals surface area (Å²) in [6, 6.07) is 9.83. The van der Waals surface area contributed by atoms with Gasteiger partial charge in [0.1, 0.15) is 0 Å². The van der Waals surface area contributed by atoms with Crippen molar-refractivity contribution < 1.29 is 4.79 Å². The average molecular weight is 285 g/mol. The molecule has 4 heteroatoms. The normalized spacial score (nSPS) is 10.7. The van der Waals surface area contributed by atoms with Crippen molar-refractivity contribution in [3.63, 3.8) is 0 Å². The van der Waals surface area contributed by atoms with E-state index < -0.39 is 0 Å². The highest BCUT2D eigenvalue weighted by Gasteiger charge is 2.07. The maximum Gasteiger partial charge on any atom is 0.251 e. The molecule has 2 N–H and O–H groups in total. The first kappa shape index (κ1) is 15.2. The van der Waals surface area contributed by atoms with E-state index in [1.54, 1.807) is 0 Å². The number of anilines is 1. The minimum Gasteiger partial charge on any atom is -0.381 e. The minimum absolute atomic E-state index is 0.0363. The van der Waals surface area contributed by atoms with Gasteiger partial charge in [-0.2, -0.15) is 0 Å². The highest BCUT2D eigenvalue weighted by atomic mass is 16.1. The molecule has 0 saturated carbocycles. The summed E-state index contributed by atoms with van der Waals surface area (Å²) in [6.45, 7) is 7.76. The first-order valence-corrected chi connectivity index (χ1v) is 7.38. The van der Waals surface area contributed by atoms with Crippen LogP contribution in [-0.2, 0) is 13.1 Å². The van der Waals surface area contributed by atoms with Crippen molar-refractivity contribution in [2.45, 2.75) is 39.9 Å². The SMILES string of the molecule is CCn1ccc(CNc2cccc(C(=O)NC(C)C)c2)c1. The van der Waals surface area contributed by atoms with Crippen molar-refractivity contribution in [3.8, 4) is 0 Å². The van der Waals surface area contributed by atoms with Crippen molar-refractivity contribution in [2.24, 2.45) is 0 Å². The van der Waals surface area contributed by atoms with Gasteiger partial charge in [-0.3, -0.25) is 4.79 Å². The van der Waals surface area contributed by atoms with Crippen LogP contribution >= 0.6 is 0 Å².